The number of alkyl halides is 2. The smallest absolute Gasteiger partial charge is 0.248 e. The molecule has 180 valence electrons. The van der Waals surface area contributed by atoms with Crippen molar-refractivity contribution in [2.75, 3.05) is 31.9 Å². The molecule has 32 heavy (non-hydrogen) atoms. The molecule has 2 fully saturated rings. The first kappa shape index (κ1) is 25.8. The lowest BCUT2D eigenvalue weighted by molar-refractivity contribution is -0.0891. The fourth-order valence-corrected chi connectivity index (χ4v) is 6.84. The highest BCUT2D eigenvalue weighted by molar-refractivity contribution is 7.89. The minimum absolute atomic E-state index is 0.112. The third-order valence-electron chi connectivity index (χ3n) is 6.73. The quantitative estimate of drug-likeness (QED) is 0.447. The topological polar surface area (TPSA) is 57.7 Å². The highest BCUT2D eigenvalue weighted by Crippen LogP contribution is 2.44. The second kappa shape index (κ2) is 10.2. The maximum Gasteiger partial charge on any atom is 0.248 e. The van der Waals surface area contributed by atoms with E-state index in [2.05, 4.69) is 4.90 Å². The Morgan fingerprint density at radius 1 is 1.06 bits per heavy atom. The van der Waals surface area contributed by atoms with Gasteiger partial charge in [0, 0.05) is 61.6 Å². The van der Waals surface area contributed by atoms with Crippen LogP contribution in [0.15, 0.2) is 18.2 Å². The van der Waals surface area contributed by atoms with Gasteiger partial charge >= 0.3 is 0 Å². The summed E-state index contributed by atoms with van der Waals surface area (Å²) in [5, 5.41) is 0.718. The van der Waals surface area contributed by atoms with Crippen molar-refractivity contribution in [2.45, 2.75) is 63.3 Å². The van der Waals surface area contributed by atoms with E-state index in [1.54, 1.807) is 12.1 Å². The monoisotopic (exact) mass is 510 g/mol. The average Bonchev–Trinajstić information content (AvgIpc) is 2.73. The Kier molecular flexibility index (Phi) is 8.24. The summed E-state index contributed by atoms with van der Waals surface area (Å²) in [5.41, 5.74) is -0.167. The minimum atomic E-state index is -3.29. The van der Waals surface area contributed by atoms with Gasteiger partial charge in [-0.15, -0.1) is 0 Å². The number of rotatable bonds is 8. The van der Waals surface area contributed by atoms with Crippen LogP contribution in [0.1, 0.15) is 62.2 Å². The van der Waals surface area contributed by atoms with Gasteiger partial charge in [-0.1, -0.05) is 30.1 Å². The first-order valence-electron chi connectivity index (χ1n) is 11.1. The fourth-order valence-electron chi connectivity index (χ4n) is 4.83. The first-order valence-corrected chi connectivity index (χ1v) is 13.4. The number of halogens is 4. The van der Waals surface area contributed by atoms with Crippen LogP contribution in [0, 0.1) is 0 Å². The van der Waals surface area contributed by atoms with E-state index in [9.17, 15) is 22.0 Å². The molecule has 10 heteroatoms. The summed E-state index contributed by atoms with van der Waals surface area (Å²) < 4.78 is 54.2. The normalized spacial score (nSPS) is 22.0. The molecule has 3 rings (SSSR count). The minimum Gasteiger partial charge on any atom is -0.295 e. The summed E-state index contributed by atoms with van der Waals surface area (Å²) in [7, 11) is -3.29. The zero-order chi connectivity index (χ0) is 23.6. The lowest BCUT2D eigenvalue weighted by Gasteiger charge is -2.51. The van der Waals surface area contributed by atoms with Crippen molar-refractivity contribution < 1.29 is 22.0 Å². The van der Waals surface area contributed by atoms with Crippen LogP contribution in [0.3, 0.4) is 0 Å². The number of carbonyl (C=O) groups is 1. The summed E-state index contributed by atoms with van der Waals surface area (Å²) >= 11 is 12.1. The highest BCUT2D eigenvalue weighted by Gasteiger charge is 2.47. The van der Waals surface area contributed by atoms with Crippen LogP contribution in [-0.4, -0.2) is 66.8 Å². The van der Waals surface area contributed by atoms with Gasteiger partial charge in [-0.05, 0) is 43.9 Å². The lowest BCUT2D eigenvalue weighted by Crippen LogP contribution is -2.60. The molecule has 2 aliphatic rings. The number of ketones is 1. The van der Waals surface area contributed by atoms with Crippen LogP contribution in [0.5, 0.6) is 0 Å². The molecular formula is C22H30Cl2F2N2O3S. The molecule has 0 aromatic heterocycles. The van der Waals surface area contributed by atoms with Gasteiger partial charge in [-0.2, -0.15) is 4.31 Å². The number of piperazine rings is 1. The second-order valence-electron chi connectivity index (χ2n) is 8.83. The molecule has 1 aliphatic heterocycles. The third-order valence-corrected chi connectivity index (χ3v) is 9.35. The molecule has 0 radical (unpaired) electrons. The van der Waals surface area contributed by atoms with Gasteiger partial charge in [0.25, 0.3) is 0 Å². The Hall–Kier alpha value is -0.800. The molecule has 1 heterocycles. The Labute approximate surface area is 199 Å². The molecule has 1 saturated heterocycles. The molecule has 1 aromatic carbocycles. The summed E-state index contributed by atoms with van der Waals surface area (Å²) in [4.78, 5) is 15.0. The van der Waals surface area contributed by atoms with Gasteiger partial charge in [-0.3, -0.25) is 9.69 Å². The second-order valence-corrected chi connectivity index (χ2v) is 11.8. The number of benzene rings is 1. The van der Waals surface area contributed by atoms with Crippen LogP contribution in [-0.2, 0) is 10.0 Å². The Bertz CT molecular complexity index is 925. The predicted octanol–water partition coefficient (Wildman–Crippen LogP) is 5.26. The fraction of sp³-hybridized carbons (Fsp3) is 0.682. The van der Waals surface area contributed by atoms with Crippen molar-refractivity contribution in [3.8, 4) is 0 Å². The predicted molar refractivity (Wildman–Crippen MR) is 123 cm³/mol. The molecular weight excluding hydrogens is 481 g/mol. The van der Waals surface area contributed by atoms with E-state index in [4.69, 9.17) is 23.2 Å². The van der Waals surface area contributed by atoms with Crippen LogP contribution >= 0.6 is 23.2 Å². The summed E-state index contributed by atoms with van der Waals surface area (Å²) in [6.07, 6.45) is 1.28. The molecule has 0 unspecified atom stereocenters. The highest BCUT2D eigenvalue weighted by atomic mass is 35.5. The summed E-state index contributed by atoms with van der Waals surface area (Å²) in [5.74, 6) is -2.73. The standard InChI is InChI=1S/C22H30Cl2F2N2O3S/c1-2-15-32(30,31)28-13-11-27(12-14-28)21(7-9-22(25,26)10-8-21)6-5-20(29)18-4-3-17(23)16-19(18)24/h3-4,16H,2,5-15H2,1H3. The molecule has 0 N–H and O–H groups in total. The van der Waals surface area contributed by atoms with E-state index in [-0.39, 0.29) is 48.7 Å². The first-order chi connectivity index (χ1) is 15.0. The van der Waals surface area contributed by atoms with Crippen molar-refractivity contribution in [2.24, 2.45) is 0 Å². The van der Waals surface area contributed by atoms with Gasteiger partial charge in [0.1, 0.15) is 0 Å². The zero-order valence-electron chi connectivity index (χ0n) is 18.3. The van der Waals surface area contributed by atoms with Crippen LogP contribution in [0.2, 0.25) is 10.0 Å². The summed E-state index contributed by atoms with van der Waals surface area (Å²) in [6, 6.07) is 4.71. The number of sulfonamides is 1. The van der Waals surface area contributed by atoms with Crippen molar-refractivity contribution in [1.82, 2.24) is 9.21 Å². The Morgan fingerprint density at radius 3 is 2.25 bits per heavy atom. The average molecular weight is 511 g/mol. The molecule has 1 aliphatic carbocycles. The number of hydrogen-bond acceptors (Lipinski definition) is 4. The molecule has 1 saturated carbocycles. The Balaban J connectivity index is 1.72. The Morgan fingerprint density at radius 2 is 1.69 bits per heavy atom. The number of hydrogen-bond donors (Lipinski definition) is 0. The number of carbonyl (C=O) groups excluding carboxylic acids is 1. The van der Waals surface area contributed by atoms with E-state index in [1.165, 1.54) is 10.4 Å². The van der Waals surface area contributed by atoms with Crippen molar-refractivity contribution in [3.05, 3.63) is 33.8 Å². The van der Waals surface area contributed by atoms with Gasteiger partial charge in [0.15, 0.2) is 5.78 Å². The van der Waals surface area contributed by atoms with E-state index in [0.29, 0.717) is 49.6 Å². The van der Waals surface area contributed by atoms with Gasteiger partial charge < -0.3 is 0 Å². The maximum absolute atomic E-state index is 14.0. The van der Waals surface area contributed by atoms with Gasteiger partial charge in [0.2, 0.25) is 15.9 Å². The lowest BCUT2D eigenvalue weighted by atomic mass is 9.74. The molecule has 1 aromatic rings. The largest absolute Gasteiger partial charge is 0.295 e. The summed E-state index contributed by atoms with van der Waals surface area (Å²) in [6.45, 7) is 3.47. The van der Waals surface area contributed by atoms with Crippen molar-refractivity contribution >= 4 is 39.0 Å². The number of Topliss-reactive ketones (excluding diaryl/α,β-unsaturated/α-hetero) is 1. The molecule has 5 nitrogen and oxygen atoms in total. The van der Waals surface area contributed by atoms with Crippen LogP contribution in [0.25, 0.3) is 0 Å². The van der Waals surface area contributed by atoms with E-state index in [0.717, 1.165) is 0 Å². The van der Waals surface area contributed by atoms with E-state index >= 15 is 0 Å². The zero-order valence-corrected chi connectivity index (χ0v) is 20.6. The number of nitrogens with zero attached hydrogens (tertiary/aromatic N) is 2. The van der Waals surface area contributed by atoms with Crippen molar-refractivity contribution in [3.63, 3.8) is 0 Å². The maximum atomic E-state index is 14.0. The van der Waals surface area contributed by atoms with Gasteiger partial charge in [0.05, 0.1) is 10.8 Å². The molecule has 0 atom stereocenters. The SMILES string of the molecule is CCCS(=O)(=O)N1CCN(C2(CCC(=O)c3ccc(Cl)cc3Cl)CCC(F)(F)CC2)CC1. The van der Waals surface area contributed by atoms with E-state index in [1.807, 2.05) is 6.92 Å². The van der Waals surface area contributed by atoms with Gasteiger partial charge in [-0.25, -0.2) is 17.2 Å². The van der Waals surface area contributed by atoms with Crippen LogP contribution < -0.4 is 0 Å². The molecule has 0 amide bonds. The molecule has 0 spiro atoms. The van der Waals surface area contributed by atoms with Crippen molar-refractivity contribution in [1.29, 1.82) is 0 Å². The molecule has 0 bridgehead atoms. The third kappa shape index (κ3) is 6.00. The van der Waals surface area contributed by atoms with Crippen LogP contribution in [0.4, 0.5) is 8.78 Å². The van der Waals surface area contributed by atoms with E-state index < -0.39 is 21.5 Å².